The second kappa shape index (κ2) is 8.42. The summed E-state index contributed by atoms with van der Waals surface area (Å²) in [6, 6.07) is 10.8. The summed E-state index contributed by atoms with van der Waals surface area (Å²) in [5.41, 5.74) is 5.99. The van der Waals surface area contributed by atoms with E-state index in [9.17, 15) is 9.18 Å². The van der Waals surface area contributed by atoms with E-state index in [1.54, 1.807) is 17.0 Å². The van der Waals surface area contributed by atoms with Crippen molar-refractivity contribution < 1.29 is 13.9 Å². The van der Waals surface area contributed by atoms with Crippen LogP contribution < -0.4 is 4.90 Å². The van der Waals surface area contributed by atoms with Crippen LogP contribution in [0.25, 0.3) is 0 Å². The highest BCUT2D eigenvalue weighted by molar-refractivity contribution is 5.68. The zero-order valence-electron chi connectivity index (χ0n) is 16.3. The molecule has 4 nitrogen and oxygen atoms in total. The van der Waals surface area contributed by atoms with Crippen LogP contribution in [0.1, 0.15) is 22.3 Å². The van der Waals surface area contributed by atoms with E-state index in [1.807, 2.05) is 0 Å². The van der Waals surface area contributed by atoms with E-state index in [0.29, 0.717) is 19.7 Å². The second-order valence-corrected chi connectivity index (χ2v) is 7.19. The quantitative estimate of drug-likeness (QED) is 0.806. The molecule has 144 valence electrons. The van der Waals surface area contributed by atoms with Crippen molar-refractivity contribution in [1.29, 1.82) is 0 Å². The molecule has 1 amide bonds. The average Bonchev–Trinajstić information content (AvgIpc) is 2.64. The van der Waals surface area contributed by atoms with Crippen molar-refractivity contribution in [2.24, 2.45) is 0 Å². The molecule has 1 saturated heterocycles. The van der Waals surface area contributed by atoms with Gasteiger partial charge in [-0.15, -0.1) is 0 Å². The van der Waals surface area contributed by atoms with Gasteiger partial charge in [0, 0.05) is 38.3 Å². The monoisotopic (exact) mass is 370 g/mol. The van der Waals surface area contributed by atoms with E-state index in [4.69, 9.17) is 4.74 Å². The van der Waals surface area contributed by atoms with Crippen LogP contribution in [-0.2, 0) is 11.2 Å². The molecular weight excluding hydrogens is 343 g/mol. The molecule has 0 bridgehead atoms. The van der Waals surface area contributed by atoms with Crippen LogP contribution >= 0.6 is 0 Å². The molecule has 2 aromatic carbocycles. The number of benzene rings is 2. The Hall–Kier alpha value is -2.56. The number of aryl methyl sites for hydroxylation is 3. The van der Waals surface area contributed by atoms with E-state index in [2.05, 4.69) is 37.8 Å². The first-order valence-corrected chi connectivity index (χ1v) is 9.43. The summed E-state index contributed by atoms with van der Waals surface area (Å²) >= 11 is 0. The minimum absolute atomic E-state index is 0.236. The molecule has 1 aliphatic heterocycles. The van der Waals surface area contributed by atoms with Gasteiger partial charge >= 0.3 is 6.09 Å². The number of carbonyl (C=O) groups is 1. The van der Waals surface area contributed by atoms with Gasteiger partial charge in [0.15, 0.2) is 0 Å². The number of ether oxygens (including phenoxy) is 1. The molecule has 0 aromatic heterocycles. The fourth-order valence-electron chi connectivity index (χ4n) is 3.74. The van der Waals surface area contributed by atoms with Crippen LogP contribution in [0.3, 0.4) is 0 Å². The Balaban J connectivity index is 1.47. The third-order valence-corrected chi connectivity index (χ3v) is 5.15. The predicted octanol–water partition coefficient (Wildman–Crippen LogP) is 4.25. The van der Waals surface area contributed by atoms with E-state index in [0.717, 1.165) is 25.2 Å². The van der Waals surface area contributed by atoms with Crippen molar-refractivity contribution in [3.05, 3.63) is 64.5 Å². The molecule has 0 atom stereocenters. The number of anilines is 1. The molecule has 2 aromatic rings. The van der Waals surface area contributed by atoms with Crippen molar-refractivity contribution in [2.45, 2.75) is 27.2 Å². The second-order valence-electron chi connectivity index (χ2n) is 7.19. The Morgan fingerprint density at radius 1 is 1.00 bits per heavy atom. The number of hydrogen-bond acceptors (Lipinski definition) is 3. The van der Waals surface area contributed by atoms with Gasteiger partial charge in [-0.1, -0.05) is 17.7 Å². The molecule has 0 N–H and O–H groups in total. The summed E-state index contributed by atoms with van der Waals surface area (Å²) in [4.78, 5) is 16.2. The number of rotatable bonds is 4. The zero-order chi connectivity index (χ0) is 19.4. The van der Waals surface area contributed by atoms with Gasteiger partial charge < -0.3 is 14.5 Å². The Morgan fingerprint density at radius 2 is 1.59 bits per heavy atom. The Morgan fingerprint density at radius 3 is 2.19 bits per heavy atom. The standard InChI is InChI=1S/C22H27FN2O2/c1-16-14-17(2)21(18(3)15-16)8-13-27-22(26)25-11-9-24(10-12-25)20-6-4-19(23)5-7-20/h4-7,14-15H,8-13H2,1-3H3. The molecule has 0 radical (unpaired) electrons. The summed E-state index contributed by atoms with van der Waals surface area (Å²) in [5, 5.41) is 0. The fraction of sp³-hybridized carbons (Fsp3) is 0.409. The van der Waals surface area contributed by atoms with Crippen LogP contribution in [0.15, 0.2) is 36.4 Å². The maximum atomic E-state index is 13.0. The zero-order valence-corrected chi connectivity index (χ0v) is 16.3. The Kier molecular flexibility index (Phi) is 5.99. The van der Waals surface area contributed by atoms with Crippen molar-refractivity contribution in [3.63, 3.8) is 0 Å². The van der Waals surface area contributed by atoms with Crippen LogP contribution in [-0.4, -0.2) is 43.8 Å². The lowest BCUT2D eigenvalue weighted by Gasteiger charge is -2.35. The van der Waals surface area contributed by atoms with Gasteiger partial charge in [0.05, 0.1) is 6.61 Å². The summed E-state index contributed by atoms with van der Waals surface area (Å²) in [7, 11) is 0. The van der Waals surface area contributed by atoms with E-state index < -0.39 is 0 Å². The molecule has 0 unspecified atom stereocenters. The van der Waals surface area contributed by atoms with Gasteiger partial charge in [-0.25, -0.2) is 9.18 Å². The third kappa shape index (κ3) is 4.79. The fourth-order valence-corrected chi connectivity index (χ4v) is 3.74. The lowest BCUT2D eigenvalue weighted by atomic mass is 9.98. The van der Waals surface area contributed by atoms with Crippen LogP contribution in [0.4, 0.5) is 14.9 Å². The average molecular weight is 370 g/mol. The first-order chi connectivity index (χ1) is 12.9. The molecule has 0 saturated carbocycles. The minimum atomic E-state index is -0.254. The Labute approximate surface area is 160 Å². The molecule has 27 heavy (non-hydrogen) atoms. The van der Waals surface area contributed by atoms with Crippen LogP contribution in [0.5, 0.6) is 0 Å². The molecule has 0 aliphatic carbocycles. The minimum Gasteiger partial charge on any atom is -0.449 e. The summed E-state index contributed by atoms with van der Waals surface area (Å²) in [6.45, 7) is 9.35. The topological polar surface area (TPSA) is 32.8 Å². The highest BCUT2D eigenvalue weighted by atomic mass is 19.1. The van der Waals surface area contributed by atoms with Crippen molar-refractivity contribution in [3.8, 4) is 0 Å². The maximum absolute atomic E-state index is 13.0. The van der Waals surface area contributed by atoms with Gasteiger partial charge in [-0.3, -0.25) is 0 Å². The normalized spacial score (nSPS) is 14.4. The lowest BCUT2D eigenvalue weighted by Crippen LogP contribution is -2.49. The summed E-state index contributed by atoms with van der Waals surface area (Å²) in [6.07, 6.45) is 0.482. The van der Waals surface area contributed by atoms with Crippen molar-refractivity contribution >= 4 is 11.8 Å². The molecule has 5 heteroatoms. The van der Waals surface area contributed by atoms with Gasteiger partial charge in [0.2, 0.25) is 0 Å². The number of nitrogens with zero attached hydrogens (tertiary/aromatic N) is 2. The molecular formula is C22H27FN2O2. The number of halogens is 1. The molecule has 3 rings (SSSR count). The molecule has 0 spiro atoms. The number of hydrogen-bond donors (Lipinski definition) is 0. The van der Waals surface area contributed by atoms with Gasteiger partial charge in [-0.2, -0.15) is 0 Å². The van der Waals surface area contributed by atoms with Crippen molar-refractivity contribution in [2.75, 3.05) is 37.7 Å². The van der Waals surface area contributed by atoms with E-state index in [-0.39, 0.29) is 11.9 Å². The largest absolute Gasteiger partial charge is 0.449 e. The summed E-state index contributed by atoms with van der Waals surface area (Å²) in [5.74, 6) is -0.236. The smallest absolute Gasteiger partial charge is 0.409 e. The van der Waals surface area contributed by atoms with Crippen molar-refractivity contribution in [1.82, 2.24) is 4.90 Å². The number of piperazine rings is 1. The first kappa shape index (κ1) is 19.2. The predicted molar refractivity (Wildman–Crippen MR) is 106 cm³/mol. The van der Waals surface area contributed by atoms with Gasteiger partial charge in [-0.05, 0) is 61.7 Å². The van der Waals surface area contributed by atoms with Crippen LogP contribution in [0, 0.1) is 26.6 Å². The van der Waals surface area contributed by atoms with Crippen LogP contribution in [0.2, 0.25) is 0 Å². The molecule has 1 fully saturated rings. The van der Waals surface area contributed by atoms with E-state index >= 15 is 0 Å². The highest BCUT2D eigenvalue weighted by Crippen LogP contribution is 2.19. The summed E-state index contributed by atoms with van der Waals surface area (Å²) < 4.78 is 18.5. The first-order valence-electron chi connectivity index (χ1n) is 9.43. The third-order valence-electron chi connectivity index (χ3n) is 5.15. The van der Waals surface area contributed by atoms with Gasteiger partial charge in [0.25, 0.3) is 0 Å². The SMILES string of the molecule is Cc1cc(C)c(CCOC(=O)N2CCN(c3ccc(F)cc3)CC2)c(C)c1. The highest BCUT2D eigenvalue weighted by Gasteiger charge is 2.22. The Bertz CT molecular complexity index is 773. The van der Waals surface area contributed by atoms with E-state index in [1.165, 1.54) is 34.4 Å². The lowest BCUT2D eigenvalue weighted by molar-refractivity contribution is 0.101. The maximum Gasteiger partial charge on any atom is 0.409 e. The van der Waals surface area contributed by atoms with Gasteiger partial charge in [0.1, 0.15) is 5.82 Å². The molecule has 1 heterocycles. The number of amides is 1. The molecule has 1 aliphatic rings. The number of carbonyl (C=O) groups excluding carboxylic acids is 1.